The van der Waals surface area contributed by atoms with Gasteiger partial charge in [-0.05, 0) is 73.1 Å². The molecular weight excluding hydrogens is 566 g/mol. The van der Waals surface area contributed by atoms with Crippen molar-refractivity contribution in [3.63, 3.8) is 0 Å². The molecule has 1 aliphatic carbocycles. The molecule has 2 aliphatic rings. The quantitative estimate of drug-likeness (QED) is 0.286. The first-order valence-electron chi connectivity index (χ1n) is 14.8. The highest BCUT2D eigenvalue weighted by molar-refractivity contribution is 7.89. The maximum absolute atomic E-state index is 14.0. The van der Waals surface area contributed by atoms with Gasteiger partial charge in [-0.3, -0.25) is 9.59 Å². The van der Waals surface area contributed by atoms with Crippen LogP contribution < -0.4 is 14.8 Å². The molecule has 10 heteroatoms. The molecule has 5 rings (SSSR count). The highest BCUT2D eigenvalue weighted by atomic mass is 32.2. The van der Waals surface area contributed by atoms with E-state index in [4.69, 9.17) is 9.47 Å². The highest BCUT2D eigenvalue weighted by Gasteiger charge is 2.32. The number of carbonyl (C=O) groups excluding carboxylic acids is 2. The fraction of sp³-hybridized carbons (Fsp3) is 0.394. The number of amides is 2. The second-order valence-electron chi connectivity index (χ2n) is 11.1. The van der Waals surface area contributed by atoms with Crippen LogP contribution in [0.5, 0.6) is 5.75 Å². The van der Waals surface area contributed by atoms with Crippen molar-refractivity contribution >= 4 is 21.8 Å². The Morgan fingerprint density at radius 3 is 2.28 bits per heavy atom. The van der Waals surface area contributed by atoms with Crippen LogP contribution in [0.1, 0.15) is 54.8 Å². The van der Waals surface area contributed by atoms with Crippen LogP contribution in [0.25, 0.3) is 0 Å². The van der Waals surface area contributed by atoms with Gasteiger partial charge in [-0.25, -0.2) is 13.1 Å². The molecule has 1 saturated heterocycles. The summed E-state index contributed by atoms with van der Waals surface area (Å²) in [4.78, 5) is 29.6. The lowest BCUT2D eigenvalue weighted by molar-refractivity contribution is -0.141. The molecule has 2 N–H and O–H groups in total. The normalized spacial score (nSPS) is 17.3. The number of ether oxygens (including phenoxy) is 2. The minimum Gasteiger partial charge on any atom is -0.497 e. The fourth-order valence-corrected chi connectivity index (χ4v) is 6.50. The Morgan fingerprint density at radius 2 is 1.65 bits per heavy atom. The van der Waals surface area contributed by atoms with Gasteiger partial charge in [-0.2, -0.15) is 0 Å². The molecule has 43 heavy (non-hydrogen) atoms. The fourth-order valence-electron chi connectivity index (χ4n) is 5.19. The molecular formula is C33H39N3O6S. The Bertz CT molecular complexity index is 1470. The Kier molecular flexibility index (Phi) is 10.1. The number of hydrogen-bond donors (Lipinski definition) is 2. The zero-order chi connectivity index (χ0) is 30.2. The van der Waals surface area contributed by atoms with Gasteiger partial charge in [0.2, 0.25) is 21.8 Å². The van der Waals surface area contributed by atoms with Gasteiger partial charge in [0, 0.05) is 32.2 Å². The van der Waals surface area contributed by atoms with E-state index in [0.29, 0.717) is 30.9 Å². The molecule has 0 bridgehead atoms. The number of nitrogens with one attached hydrogen (secondary N) is 2. The number of methoxy groups -OCH3 is 1. The molecule has 9 nitrogen and oxygen atoms in total. The molecule has 0 spiro atoms. The van der Waals surface area contributed by atoms with Crippen LogP contribution in [-0.4, -0.2) is 57.5 Å². The van der Waals surface area contributed by atoms with E-state index in [2.05, 4.69) is 10.0 Å². The molecule has 1 aliphatic heterocycles. The van der Waals surface area contributed by atoms with Crippen molar-refractivity contribution in [1.82, 2.24) is 14.9 Å². The summed E-state index contributed by atoms with van der Waals surface area (Å²) in [5, 5.41) is 3.03. The minimum atomic E-state index is -3.55. The van der Waals surface area contributed by atoms with Crippen molar-refractivity contribution < 1.29 is 27.5 Å². The Labute approximate surface area is 253 Å². The van der Waals surface area contributed by atoms with Crippen LogP contribution in [0.4, 0.5) is 0 Å². The molecule has 1 saturated carbocycles. The summed E-state index contributed by atoms with van der Waals surface area (Å²) in [6, 6.07) is 22.6. The van der Waals surface area contributed by atoms with Gasteiger partial charge in [-0.1, -0.05) is 54.6 Å². The van der Waals surface area contributed by atoms with Gasteiger partial charge in [0.1, 0.15) is 11.8 Å². The van der Waals surface area contributed by atoms with Gasteiger partial charge in [0.15, 0.2) is 0 Å². The van der Waals surface area contributed by atoms with Crippen molar-refractivity contribution in [2.45, 2.75) is 68.2 Å². The standard InChI is InChI=1S/C33H39N3O6S/c1-41-28-16-9-25(10-17-28)23-36(32(26-6-3-2-4-7-26)33(38)34-22-29-8-5-21-42-29)31(37)20-13-24-11-18-30(19-12-24)43(39,40)35-27-14-15-27/h2-4,6-7,9-12,16-19,27,29,32,35H,5,8,13-15,20-23H2,1H3,(H,34,38)/t29-,32-/m0/s1. The van der Waals surface area contributed by atoms with Gasteiger partial charge < -0.3 is 19.7 Å². The second kappa shape index (κ2) is 14.2. The van der Waals surface area contributed by atoms with Crippen molar-refractivity contribution in [3.8, 4) is 5.75 Å². The summed E-state index contributed by atoms with van der Waals surface area (Å²) in [6.45, 7) is 1.30. The van der Waals surface area contributed by atoms with E-state index in [1.165, 1.54) is 0 Å². The van der Waals surface area contributed by atoms with Crippen LogP contribution in [0.2, 0.25) is 0 Å². The average molecular weight is 606 g/mol. The zero-order valence-corrected chi connectivity index (χ0v) is 25.2. The van der Waals surface area contributed by atoms with Crippen molar-refractivity contribution in [3.05, 3.63) is 95.6 Å². The maximum Gasteiger partial charge on any atom is 0.247 e. The number of aryl methyl sites for hydroxylation is 1. The summed E-state index contributed by atoms with van der Waals surface area (Å²) >= 11 is 0. The predicted octanol–water partition coefficient (Wildman–Crippen LogP) is 4.13. The maximum atomic E-state index is 14.0. The van der Waals surface area contributed by atoms with E-state index in [0.717, 1.165) is 36.8 Å². The number of hydrogen-bond acceptors (Lipinski definition) is 6. The van der Waals surface area contributed by atoms with Crippen LogP contribution in [0, 0.1) is 0 Å². The lowest BCUT2D eigenvalue weighted by Crippen LogP contribution is -2.45. The zero-order valence-electron chi connectivity index (χ0n) is 24.4. The Morgan fingerprint density at radius 1 is 0.953 bits per heavy atom. The van der Waals surface area contributed by atoms with Crippen LogP contribution >= 0.6 is 0 Å². The first-order chi connectivity index (χ1) is 20.8. The SMILES string of the molecule is COc1ccc(CN(C(=O)CCc2ccc(S(=O)(=O)NC3CC3)cc2)[C@H](C(=O)NC[C@@H]2CCCO2)c2ccccc2)cc1. The topological polar surface area (TPSA) is 114 Å². The van der Waals surface area contributed by atoms with Gasteiger partial charge in [-0.15, -0.1) is 0 Å². The summed E-state index contributed by atoms with van der Waals surface area (Å²) in [5.74, 6) is 0.249. The van der Waals surface area contributed by atoms with Crippen LogP contribution in [-0.2, 0) is 37.3 Å². The monoisotopic (exact) mass is 605 g/mol. The van der Waals surface area contributed by atoms with E-state index >= 15 is 0 Å². The molecule has 0 aromatic heterocycles. The van der Waals surface area contributed by atoms with E-state index in [-0.39, 0.29) is 41.8 Å². The van der Waals surface area contributed by atoms with Crippen LogP contribution in [0.15, 0.2) is 83.8 Å². The molecule has 3 aromatic rings. The number of carbonyl (C=O) groups is 2. The molecule has 2 atom stereocenters. The molecule has 0 radical (unpaired) electrons. The Balaban J connectivity index is 1.35. The number of rotatable bonds is 14. The third kappa shape index (κ3) is 8.43. The van der Waals surface area contributed by atoms with Gasteiger partial charge in [0.05, 0.1) is 18.1 Å². The van der Waals surface area contributed by atoms with E-state index in [1.807, 2.05) is 54.6 Å². The van der Waals surface area contributed by atoms with Gasteiger partial charge in [0.25, 0.3) is 0 Å². The van der Waals surface area contributed by atoms with Gasteiger partial charge >= 0.3 is 0 Å². The largest absolute Gasteiger partial charge is 0.497 e. The minimum absolute atomic E-state index is 0.0273. The molecule has 2 fully saturated rings. The third-order valence-electron chi connectivity index (χ3n) is 7.80. The smallest absolute Gasteiger partial charge is 0.247 e. The lowest BCUT2D eigenvalue weighted by atomic mass is 10.0. The number of nitrogens with zero attached hydrogens (tertiary/aromatic N) is 1. The van der Waals surface area contributed by atoms with E-state index < -0.39 is 16.1 Å². The third-order valence-corrected chi connectivity index (χ3v) is 9.33. The van der Waals surface area contributed by atoms with Crippen LogP contribution in [0.3, 0.4) is 0 Å². The van der Waals surface area contributed by atoms with E-state index in [1.54, 1.807) is 36.3 Å². The average Bonchev–Trinajstić information content (AvgIpc) is 3.67. The van der Waals surface area contributed by atoms with Crippen molar-refractivity contribution in [2.75, 3.05) is 20.3 Å². The summed E-state index contributed by atoms with van der Waals surface area (Å²) in [5.41, 5.74) is 2.41. The van der Waals surface area contributed by atoms with Crippen molar-refractivity contribution in [2.24, 2.45) is 0 Å². The van der Waals surface area contributed by atoms with E-state index in [9.17, 15) is 18.0 Å². The first kappa shape index (κ1) is 30.7. The Hall–Kier alpha value is -3.73. The molecule has 1 heterocycles. The summed E-state index contributed by atoms with van der Waals surface area (Å²) in [6.07, 6.45) is 4.09. The summed E-state index contributed by atoms with van der Waals surface area (Å²) in [7, 11) is -1.95. The summed E-state index contributed by atoms with van der Waals surface area (Å²) < 4.78 is 38.8. The molecule has 0 unspecified atom stereocenters. The number of benzene rings is 3. The predicted molar refractivity (Wildman–Crippen MR) is 163 cm³/mol. The molecule has 2 amide bonds. The second-order valence-corrected chi connectivity index (χ2v) is 12.8. The molecule has 228 valence electrons. The highest BCUT2D eigenvalue weighted by Crippen LogP contribution is 2.27. The molecule has 3 aromatic carbocycles. The number of sulfonamides is 1. The lowest BCUT2D eigenvalue weighted by Gasteiger charge is -2.32. The first-order valence-corrected chi connectivity index (χ1v) is 16.3. The van der Waals surface area contributed by atoms with Crippen molar-refractivity contribution in [1.29, 1.82) is 0 Å².